The van der Waals surface area contributed by atoms with Crippen molar-refractivity contribution in [2.75, 3.05) is 18.6 Å². The molecule has 0 aliphatic carbocycles. The molecule has 3 heterocycles. The van der Waals surface area contributed by atoms with Gasteiger partial charge >= 0.3 is 0 Å². The van der Waals surface area contributed by atoms with Crippen LogP contribution in [-0.2, 0) is 11.3 Å². The molecule has 0 saturated carbocycles. The predicted molar refractivity (Wildman–Crippen MR) is 89.9 cm³/mol. The fourth-order valence-electron chi connectivity index (χ4n) is 2.38. The number of ether oxygens (including phenoxy) is 1. The topological polar surface area (TPSA) is 103 Å². The van der Waals surface area contributed by atoms with E-state index in [0.717, 1.165) is 11.1 Å². The van der Waals surface area contributed by atoms with E-state index in [1.54, 1.807) is 0 Å². The maximum Gasteiger partial charge on any atom is 0.263 e. The van der Waals surface area contributed by atoms with Crippen LogP contribution >= 0.6 is 0 Å². The first-order valence-electron chi connectivity index (χ1n) is 8.18. The van der Waals surface area contributed by atoms with Crippen LogP contribution in [0.4, 0.5) is 5.82 Å². The van der Waals surface area contributed by atoms with Crippen LogP contribution in [0.3, 0.4) is 0 Å². The molecule has 0 bridgehead atoms. The van der Waals surface area contributed by atoms with Crippen molar-refractivity contribution in [1.82, 2.24) is 25.3 Å². The van der Waals surface area contributed by atoms with Crippen LogP contribution in [0.1, 0.15) is 44.3 Å². The highest BCUT2D eigenvalue weighted by Gasteiger charge is 2.19. The second-order valence-corrected chi connectivity index (χ2v) is 6.42. The molecule has 0 aliphatic heterocycles. The highest BCUT2D eigenvalue weighted by atomic mass is 16.5. The average Bonchev–Trinajstić information content (AvgIpc) is 3.20. The van der Waals surface area contributed by atoms with Gasteiger partial charge in [0, 0.05) is 13.7 Å². The van der Waals surface area contributed by atoms with Gasteiger partial charge in [-0.2, -0.15) is 9.97 Å². The minimum atomic E-state index is -0.212. The van der Waals surface area contributed by atoms with Crippen LogP contribution in [-0.4, -0.2) is 38.9 Å². The van der Waals surface area contributed by atoms with E-state index in [0.29, 0.717) is 42.3 Å². The number of hydrogen-bond acceptors (Lipinski definition) is 9. The summed E-state index contributed by atoms with van der Waals surface area (Å²) >= 11 is 0. The van der Waals surface area contributed by atoms with Crippen LogP contribution < -0.4 is 4.90 Å². The second-order valence-electron chi connectivity index (χ2n) is 6.42. The summed E-state index contributed by atoms with van der Waals surface area (Å²) in [6, 6.07) is 0. The third-order valence-corrected chi connectivity index (χ3v) is 3.68. The van der Waals surface area contributed by atoms with Crippen LogP contribution in [0.15, 0.2) is 15.4 Å². The summed E-state index contributed by atoms with van der Waals surface area (Å²) in [6.45, 7) is 9.01. The zero-order valence-corrected chi connectivity index (χ0v) is 15.1. The van der Waals surface area contributed by atoms with Crippen LogP contribution in [0.5, 0.6) is 0 Å². The van der Waals surface area contributed by atoms with Gasteiger partial charge in [0.05, 0.1) is 12.2 Å². The fourth-order valence-corrected chi connectivity index (χ4v) is 2.38. The van der Waals surface area contributed by atoms with Crippen LogP contribution in [0, 0.1) is 12.8 Å². The highest BCUT2D eigenvalue weighted by Crippen LogP contribution is 2.26. The molecule has 25 heavy (non-hydrogen) atoms. The van der Waals surface area contributed by atoms with Gasteiger partial charge in [-0.25, -0.2) is 4.98 Å². The average molecular weight is 346 g/mol. The summed E-state index contributed by atoms with van der Waals surface area (Å²) in [5.41, 5.74) is 1.19. The first kappa shape index (κ1) is 17.3. The third kappa shape index (κ3) is 3.76. The maximum atomic E-state index is 5.72. The molecule has 134 valence electrons. The molecule has 0 aliphatic rings. The molecule has 0 spiro atoms. The maximum absolute atomic E-state index is 5.72. The molecule has 0 saturated heterocycles. The van der Waals surface area contributed by atoms with E-state index in [2.05, 4.69) is 39.1 Å². The number of aromatic nitrogens is 5. The van der Waals surface area contributed by atoms with Gasteiger partial charge in [-0.3, -0.25) is 0 Å². The van der Waals surface area contributed by atoms with Gasteiger partial charge in [0.15, 0.2) is 5.82 Å². The van der Waals surface area contributed by atoms with E-state index in [1.165, 1.54) is 6.33 Å². The molecule has 3 aromatic rings. The van der Waals surface area contributed by atoms with Crippen molar-refractivity contribution in [1.29, 1.82) is 0 Å². The molecule has 0 fully saturated rings. The first-order valence-corrected chi connectivity index (χ1v) is 8.18. The summed E-state index contributed by atoms with van der Waals surface area (Å²) in [6.07, 6.45) is 1.23. The van der Waals surface area contributed by atoms with Crippen LogP contribution in [0.25, 0.3) is 11.1 Å². The minimum Gasteiger partial charge on any atom is -0.370 e. The highest BCUT2D eigenvalue weighted by molar-refractivity contribution is 5.87. The summed E-state index contributed by atoms with van der Waals surface area (Å²) < 4.78 is 16.2. The van der Waals surface area contributed by atoms with Gasteiger partial charge in [-0.15, -0.1) is 0 Å². The Labute approximate surface area is 145 Å². The molecule has 1 atom stereocenters. The molecular weight excluding hydrogens is 324 g/mol. The lowest BCUT2D eigenvalue weighted by molar-refractivity contribution is 0.0402. The fraction of sp³-hybridized carbons (Fsp3) is 0.562. The Morgan fingerprint density at radius 2 is 1.96 bits per heavy atom. The zero-order valence-electron chi connectivity index (χ0n) is 15.1. The number of fused-ring (bicyclic) bond motifs is 1. The van der Waals surface area contributed by atoms with Crippen molar-refractivity contribution in [3.05, 3.63) is 23.7 Å². The predicted octanol–water partition coefficient (Wildman–Crippen LogP) is 2.68. The lowest BCUT2D eigenvalue weighted by atomic mass is 10.2. The number of anilines is 1. The molecule has 0 aromatic carbocycles. The summed E-state index contributed by atoms with van der Waals surface area (Å²) in [7, 11) is 1.89. The Morgan fingerprint density at radius 1 is 1.16 bits per heavy atom. The van der Waals surface area contributed by atoms with Crippen molar-refractivity contribution < 1.29 is 13.8 Å². The Bertz CT molecular complexity index is 843. The number of rotatable bonds is 7. The smallest absolute Gasteiger partial charge is 0.263 e. The van der Waals surface area contributed by atoms with Crippen molar-refractivity contribution in [3.63, 3.8) is 0 Å². The summed E-state index contributed by atoms with van der Waals surface area (Å²) in [4.78, 5) is 14.7. The normalized spacial score (nSPS) is 12.9. The molecule has 0 radical (unpaired) electrons. The van der Waals surface area contributed by atoms with Gasteiger partial charge in [-0.1, -0.05) is 24.2 Å². The van der Waals surface area contributed by atoms with E-state index >= 15 is 0 Å². The largest absolute Gasteiger partial charge is 0.370 e. The standard InChI is InChI=1S/C16H22N6O3/c1-9(2)7-23-11(4)14-19-12(24-21-14)6-22(5)15-13-10(3)20-25-16(13)18-8-17-15/h8-9,11H,6-7H2,1-5H3/t11-/m0/s1. The Morgan fingerprint density at radius 3 is 2.72 bits per heavy atom. The van der Waals surface area contributed by atoms with Crippen molar-refractivity contribution in [3.8, 4) is 0 Å². The van der Waals surface area contributed by atoms with E-state index in [1.807, 2.05) is 25.8 Å². The monoisotopic (exact) mass is 346 g/mol. The molecule has 0 amide bonds. The molecule has 3 rings (SSSR count). The molecular formula is C16H22N6O3. The quantitative estimate of drug-likeness (QED) is 0.638. The van der Waals surface area contributed by atoms with Gasteiger partial charge in [0.2, 0.25) is 5.89 Å². The molecule has 0 N–H and O–H groups in total. The molecule has 3 aromatic heterocycles. The first-order chi connectivity index (χ1) is 12.0. The zero-order chi connectivity index (χ0) is 18.0. The molecule has 9 nitrogen and oxygen atoms in total. The Balaban J connectivity index is 1.73. The Kier molecular flexibility index (Phi) is 4.93. The Hall–Kier alpha value is -2.55. The molecule has 9 heteroatoms. The van der Waals surface area contributed by atoms with Gasteiger partial charge in [0.25, 0.3) is 5.71 Å². The minimum absolute atomic E-state index is 0.212. The van der Waals surface area contributed by atoms with E-state index in [9.17, 15) is 0 Å². The lowest BCUT2D eigenvalue weighted by Gasteiger charge is -2.15. The van der Waals surface area contributed by atoms with Crippen molar-refractivity contribution in [2.24, 2.45) is 5.92 Å². The lowest BCUT2D eigenvalue weighted by Crippen LogP contribution is -2.18. The van der Waals surface area contributed by atoms with Gasteiger partial charge in [-0.05, 0) is 19.8 Å². The number of nitrogens with zero attached hydrogens (tertiary/aromatic N) is 6. The van der Waals surface area contributed by atoms with E-state index < -0.39 is 0 Å². The second kappa shape index (κ2) is 7.14. The number of aryl methyl sites for hydroxylation is 1. The van der Waals surface area contributed by atoms with E-state index in [-0.39, 0.29) is 6.10 Å². The van der Waals surface area contributed by atoms with Crippen molar-refractivity contribution in [2.45, 2.75) is 40.3 Å². The van der Waals surface area contributed by atoms with Gasteiger partial charge < -0.3 is 18.7 Å². The summed E-state index contributed by atoms with van der Waals surface area (Å²) in [5.74, 6) is 2.18. The van der Waals surface area contributed by atoms with Crippen LogP contribution in [0.2, 0.25) is 0 Å². The SMILES string of the molecule is Cc1noc2ncnc(N(C)Cc3nc([C@H](C)OCC(C)C)no3)c12. The molecule has 0 unspecified atom stereocenters. The third-order valence-electron chi connectivity index (χ3n) is 3.68. The summed E-state index contributed by atoms with van der Waals surface area (Å²) in [5, 5.41) is 8.72. The van der Waals surface area contributed by atoms with Gasteiger partial charge in [0.1, 0.15) is 23.6 Å². The van der Waals surface area contributed by atoms with Crippen molar-refractivity contribution >= 4 is 16.9 Å². The number of hydrogen-bond donors (Lipinski definition) is 0. The van der Waals surface area contributed by atoms with E-state index in [4.69, 9.17) is 13.8 Å².